The largest absolute Gasteiger partial charge is 0.377 e. The van der Waals surface area contributed by atoms with Gasteiger partial charge in [-0.1, -0.05) is 63.3 Å². The molecule has 25 heavy (non-hydrogen) atoms. The van der Waals surface area contributed by atoms with Crippen molar-refractivity contribution >= 4 is 26.5 Å². The molecule has 0 fully saturated rings. The van der Waals surface area contributed by atoms with Crippen LogP contribution in [0, 0.1) is 0 Å². The number of nitrogens with one attached hydrogen (secondary N) is 1. The van der Waals surface area contributed by atoms with Crippen LogP contribution in [0.2, 0.25) is 0 Å². The Bertz CT molecular complexity index is 785. The number of hydrogen-bond donors (Lipinski definition) is 1. The molecule has 4 nitrogen and oxygen atoms in total. The zero-order valence-corrected chi connectivity index (χ0v) is 16.4. The molecule has 0 bridgehead atoms. The molecule has 0 saturated heterocycles. The molecule has 0 heterocycles. The van der Waals surface area contributed by atoms with Gasteiger partial charge in [-0.3, -0.25) is 0 Å². The number of nitrogens with zero attached hydrogens (tertiary/aromatic N) is 1. The molecule has 2 aromatic rings. The summed E-state index contributed by atoms with van der Waals surface area (Å²) in [4.78, 5) is 2.36. The molecule has 5 heteroatoms. The van der Waals surface area contributed by atoms with Crippen molar-refractivity contribution in [2.75, 3.05) is 25.5 Å². The van der Waals surface area contributed by atoms with Gasteiger partial charge in [-0.05, 0) is 18.6 Å². The van der Waals surface area contributed by atoms with Crippen LogP contribution in [0.4, 0.5) is 5.69 Å². The fraction of sp³-hybridized carbons (Fsp3) is 0.500. The summed E-state index contributed by atoms with van der Waals surface area (Å²) < 4.78 is 28.2. The Morgan fingerprint density at radius 3 is 2.24 bits per heavy atom. The minimum Gasteiger partial charge on any atom is -0.377 e. The standard InChI is InChI=1S/C20H30N2O2S/c1-4-5-6-7-8-9-16-21-25(23,24)20-15-11-12-17-18(20)13-10-14-19(17)22(2)3/h10-15,21H,4-9,16H2,1-3H3. The second kappa shape index (κ2) is 9.20. The van der Waals surface area contributed by atoms with Gasteiger partial charge in [0.05, 0.1) is 4.90 Å². The Labute approximate surface area is 152 Å². The molecule has 138 valence electrons. The summed E-state index contributed by atoms with van der Waals surface area (Å²) in [5.41, 5.74) is 1.02. The molecule has 0 spiro atoms. The summed E-state index contributed by atoms with van der Waals surface area (Å²) in [6.45, 7) is 2.69. The maximum Gasteiger partial charge on any atom is 0.241 e. The highest BCUT2D eigenvalue weighted by Gasteiger charge is 2.17. The van der Waals surface area contributed by atoms with Gasteiger partial charge in [-0.2, -0.15) is 0 Å². The highest BCUT2D eigenvalue weighted by atomic mass is 32.2. The first kappa shape index (κ1) is 19.7. The minimum atomic E-state index is -3.50. The topological polar surface area (TPSA) is 49.4 Å². The van der Waals surface area contributed by atoms with Crippen molar-refractivity contribution in [2.45, 2.75) is 50.3 Å². The van der Waals surface area contributed by atoms with E-state index >= 15 is 0 Å². The molecule has 2 aromatic carbocycles. The Kier molecular flexibility index (Phi) is 7.26. The van der Waals surface area contributed by atoms with E-state index in [0.29, 0.717) is 11.4 Å². The summed E-state index contributed by atoms with van der Waals surface area (Å²) >= 11 is 0. The molecule has 0 amide bonds. The lowest BCUT2D eigenvalue weighted by molar-refractivity contribution is 0.568. The lowest BCUT2D eigenvalue weighted by Crippen LogP contribution is -2.25. The van der Waals surface area contributed by atoms with Gasteiger partial charge >= 0.3 is 0 Å². The Balaban J connectivity index is 2.10. The first-order valence-electron chi connectivity index (χ1n) is 9.16. The van der Waals surface area contributed by atoms with Gasteiger partial charge in [-0.25, -0.2) is 13.1 Å². The average Bonchev–Trinajstić information content (AvgIpc) is 2.59. The first-order chi connectivity index (χ1) is 12.0. The Morgan fingerprint density at radius 2 is 1.52 bits per heavy atom. The van der Waals surface area contributed by atoms with Gasteiger partial charge < -0.3 is 4.90 Å². The summed E-state index contributed by atoms with van der Waals surface area (Å²) in [7, 11) is 0.435. The number of unbranched alkanes of at least 4 members (excludes halogenated alkanes) is 5. The SMILES string of the molecule is CCCCCCCCNS(=O)(=O)c1cccc2c(N(C)C)cccc12. The van der Waals surface area contributed by atoms with Crippen molar-refractivity contribution in [3.63, 3.8) is 0 Å². The molecule has 0 saturated carbocycles. The van der Waals surface area contributed by atoms with Crippen LogP contribution >= 0.6 is 0 Å². The smallest absolute Gasteiger partial charge is 0.241 e. The van der Waals surface area contributed by atoms with Crippen LogP contribution < -0.4 is 9.62 Å². The zero-order chi connectivity index (χ0) is 18.3. The van der Waals surface area contributed by atoms with Gasteiger partial charge in [-0.15, -0.1) is 0 Å². The van der Waals surface area contributed by atoms with Crippen LogP contribution in [-0.2, 0) is 10.0 Å². The normalized spacial score (nSPS) is 11.8. The van der Waals surface area contributed by atoms with Gasteiger partial charge in [0.25, 0.3) is 0 Å². The van der Waals surface area contributed by atoms with E-state index in [9.17, 15) is 8.42 Å². The predicted octanol–water partition coefficient (Wildman–Crippen LogP) is 4.54. The van der Waals surface area contributed by atoms with E-state index in [1.54, 1.807) is 6.07 Å². The second-order valence-corrected chi connectivity index (χ2v) is 8.42. The third kappa shape index (κ3) is 5.19. The van der Waals surface area contributed by atoms with Crippen LogP contribution in [0.3, 0.4) is 0 Å². The minimum absolute atomic E-state index is 0.361. The molecular formula is C20H30N2O2S. The summed E-state index contributed by atoms with van der Waals surface area (Å²) in [6, 6.07) is 11.3. The fourth-order valence-corrected chi connectivity index (χ4v) is 4.37. The van der Waals surface area contributed by atoms with Crippen LogP contribution in [-0.4, -0.2) is 29.1 Å². The average molecular weight is 363 g/mol. The van der Waals surface area contributed by atoms with Crippen molar-refractivity contribution < 1.29 is 8.42 Å². The molecular weight excluding hydrogens is 332 g/mol. The van der Waals surface area contributed by atoms with E-state index < -0.39 is 10.0 Å². The second-order valence-electron chi connectivity index (χ2n) is 6.69. The third-order valence-electron chi connectivity index (χ3n) is 4.45. The fourth-order valence-electron chi connectivity index (χ4n) is 3.08. The molecule has 0 unspecified atom stereocenters. The number of hydrogen-bond acceptors (Lipinski definition) is 3. The zero-order valence-electron chi connectivity index (χ0n) is 15.6. The molecule has 2 rings (SSSR count). The van der Waals surface area contributed by atoms with E-state index in [1.165, 1.54) is 25.7 Å². The molecule has 0 radical (unpaired) electrons. The number of sulfonamides is 1. The van der Waals surface area contributed by atoms with Crippen LogP contribution in [0.5, 0.6) is 0 Å². The molecule has 0 atom stereocenters. The van der Waals surface area contributed by atoms with E-state index in [1.807, 2.05) is 49.3 Å². The van der Waals surface area contributed by atoms with Crippen LogP contribution in [0.25, 0.3) is 10.8 Å². The summed E-state index contributed by atoms with van der Waals surface area (Å²) in [5.74, 6) is 0. The van der Waals surface area contributed by atoms with Crippen molar-refractivity contribution in [1.29, 1.82) is 0 Å². The van der Waals surface area contributed by atoms with E-state index in [-0.39, 0.29) is 0 Å². The van der Waals surface area contributed by atoms with E-state index in [4.69, 9.17) is 0 Å². The molecule has 0 aliphatic heterocycles. The first-order valence-corrected chi connectivity index (χ1v) is 10.6. The van der Waals surface area contributed by atoms with Crippen molar-refractivity contribution in [3.8, 4) is 0 Å². The Morgan fingerprint density at radius 1 is 0.880 bits per heavy atom. The van der Waals surface area contributed by atoms with Crippen molar-refractivity contribution in [1.82, 2.24) is 4.72 Å². The number of benzene rings is 2. The van der Waals surface area contributed by atoms with Gasteiger partial charge in [0.15, 0.2) is 0 Å². The van der Waals surface area contributed by atoms with Gasteiger partial charge in [0.2, 0.25) is 10.0 Å². The van der Waals surface area contributed by atoms with E-state index in [0.717, 1.165) is 29.3 Å². The van der Waals surface area contributed by atoms with Gasteiger partial charge in [0.1, 0.15) is 0 Å². The number of fused-ring (bicyclic) bond motifs is 1. The summed E-state index contributed by atoms with van der Waals surface area (Å²) in [5, 5.41) is 1.72. The summed E-state index contributed by atoms with van der Waals surface area (Å²) in [6.07, 6.45) is 6.86. The van der Waals surface area contributed by atoms with Crippen molar-refractivity contribution in [2.24, 2.45) is 0 Å². The quantitative estimate of drug-likeness (QED) is 0.631. The third-order valence-corrected chi connectivity index (χ3v) is 5.97. The Hall–Kier alpha value is -1.59. The predicted molar refractivity (Wildman–Crippen MR) is 107 cm³/mol. The lowest BCUT2D eigenvalue weighted by Gasteiger charge is -2.17. The monoisotopic (exact) mass is 362 g/mol. The highest BCUT2D eigenvalue weighted by Crippen LogP contribution is 2.30. The van der Waals surface area contributed by atoms with E-state index in [2.05, 4.69) is 11.6 Å². The lowest BCUT2D eigenvalue weighted by atomic mass is 10.1. The maximum absolute atomic E-state index is 12.7. The number of rotatable bonds is 10. The maximum atomic E-state index is 12.7. The molecule has 0 aliphatic rings. The van der Waals surface area contributed by atoms with Crippen LogP contribution in [0.15, 0.2) is 41.3 Å². The molecule has 0 aromatic heterocycles. The molecule has 1 N–H and O–H groups in total. The van der Waals surface area contributed by atoms with Crippen molar-refractivity contribution in [3.05, 3.63) is 36.4 Å². The highest BCUT2D eigenvalue weighted by molar-refractivity contribution is 7.89. The number of anilines is 1. The molecule has 0 aliphatic carbocycles. The van der Waals surface area contributed by atoms with Crippen LogP contribution in [0.1, 0.15) is 45.4 Å². The van der Waals surface area contributed by atoms with Gasteiger partial charge in [0, 0.05) is 37.1 Å².